The Morgan fingerprint density at radius 2 is 1.89 bits per heavy atom. The minimum absolute atomic E-state index is 0.0174. The van der Waals surface area contributed by atoms with Crippen LogP contribution in [-0.2, 0) is 14.6 Å². The molecule has 0 amide bonds. The van der Waals surface area contributed by atoms with Crippen molar-refractivity contribution in [3.63, 3.8) is 0 Å². The summed E-state index contributed by atoms with van der Waals surface area (Å²) in [6, 6.07) is 6.85. The predicted molar refractivity (Wildman–Crippen MR) is 68.2 cm³/mol. The summed E-state index contributed by atoms with van der Waals surface area (Å²) in [6.45, 7) is 2.80. The van der Waals surface area contributed by atoms with Crippen LogP contribution in [0.25, 0.3) is 0 Å². The predicted octanol–water partition coefficient (Wildman–Crippen LogP) is 1.17. The molecule has 1 N–H and O–H groups in total. The fraction of sp³-hybridized carbons (Fsp3) is 0.538. The van der Waals surface area contributed by atoms with Gasteiger partial charge in [-0.15, -0.1) is 0 Å². The highest BCUT2D eigenvalue weighted by molar-refractivity contribution is 7.91. The van der Waals surface area contributed by atoms with E-state index in [0.29, 0.717) is 24.5 Å². The topological polar surface area (TPSA) is 63.6 Å². The molecular weight excluding hydrogens is 252 g/mol. The van der Waals surface area contributed by atoms with Gasteiger partial charge in [-0.25, -0.2) is 8.42 Å². The fourth-order valence-corrected chi connectivity index (χ4v) is 3.41. The maximum atomic E-state index is 12.1. The van der Waals surface area contributed by atoms with Gasteiger partial charge in [0.05, 0.1) is 30.5 Å². The SMILES string of the molecule is Cc1ccc(S(=O)(=O)CCC2(CO)COC2)cc1. The molecule has 0 radical (unpaired) electrons. The number of rotatable bonds is 5. The molecule has 0 bridgehead atoms. The minimum Gasteiger partial charge on any atom is -0.396 e. The zero-order valence-corrected chi connectivity index (χ0v) is 11.2. The van der Waals surface area contributed by atoms with Gasteiger partial charge in [0.15, 0.2) is 9.84 Å². The highest BCUT2D eigenvalue weighted by Crippen LogP contribution is 2.32. The summed E-state index contributed by atoms with van der Waals surface area (Å²) in [5, 5.41) is 9.27. The van der Waals surface area contributed by atoms with Crippen molar-refractivity contribution in [3.05, 3.63) is 29.8 Å². The molecule has 1 fully saturated rings. The second-order valence-corrected chi connectivity index (χ2v) is 7.14. The molecule has 100 valence electrons. The molecule has 0 unspecified atom stereocenters. The maximum absolute atomic E-state index is 12.1. The Morgan fingerprint density at radius 3 is 2.33 bits per heavy atom. The monoisotopic (exact) mass is 270 g/mol. The lowest BCUT2D eigenvalue weighted by Crippen LogP contribution is -2.46. The number of aryl methyl sites for hydroxylation is 1. The number of aliphatic hydroxyl groups is 1. The maximum Gasteiger partial charge on any atom is 0.178 e. The number of sulfone groups is 1. The fourth-order valence-electron chi connectivity index (χ4n) is 1.92. The molecule has 1 aromatic rings. The summed E-state index contributed by atoms with van der Waals surface area (Å²) in [5.41, 5.74) is 0.686. The Balaban J connectivity index is 2.05. The largest absolute Gasteiger partial charge is 0.396 e. The highest BCUT2D eigenvalue weighted by Gasteiger charge is 2.38. The zero-order chi connectivity index (χ0) is 13.2. The van der Waals surface area contributed by atoms with E-state index < -0.39 is 9.84 Å². The molecule has 0 spiro atoms. The van der Waals surface area contributed by atoms with Crippen LogP contribution in [0.2, 0.25) is 0 Å². The van der Waals surface area contributed by atoms with Gasteiger partial charge in [-0.05, 0) is 25.5 Å². The van der Waals surface area contributed by atoms with Crippen LogP contribution >= 0.6 is 0 Å². The standard InChI is InChI=1S/C13H18O4S/c1-11-2-4-12(5-3-11)18(15,16)7-6-13(8-14)9-17-10-13/h2-5,14H,6-10H2,1H3. The quantitative estimate of drug-likeness (QED) is 0.872. The smallest absolute Gasteiger partial charge is 0.178 e. The molecule has 1 heterocycles. The van der Waals surface area contributed by atoms with Crippen molar-refractivity contribution in [2.75, 3.05) is 25.6 Å². The Hall–Kier alpha value is -0.910. The summed E-state index contributed by atoms with van der Waals surface area (Å²) in [5.74, 6) is 0.0555. The summed E-state index contributed by atoms with van der Waals surface area (Å²) >= 11 is 0. The van der Waals surface area contributed by atoms with Crippen LogP contribution in [0.3, 0.4) is 0 Å². The van der Waals surface area contributed by atoms with E-state index in [9.17, 15) is 13.5 Å². The van der Waals surface area contributed by atoms with Crippen molar-refractivity contribution in [1.29, 1.82) is 0 Å². The molecule has 1 aliphatic rings. The van der Waals surface area contributed by atoms with Crippen molar-refractivity contribution in [2.45, 2.75) is 18.2 Å². The second kappa shape index (κ2) is 4.99. The lowest BCUT2D eigenvalue weighted by Gasteiger charge is -2.39. The molecule has 18 heavy (non-hydrogen) atoms. The van der Waals surface area contributed by atoms with Crippen molar-refractivity contribution in [2.24, 2.45) is 5.41 Å². The van der Waals surface area contributed by atoms with Crippen LogP contribution in [0.4, 0.5) is 0 Å². The molecule has 2 rings (SSSR count). The summed E-state index contributed by atoms with van der Waals surface area (Å²) < 4.78 is 29.3. The number of aliphatic hydroxyl groups excluding tert-OH is 1. The summed E-state index contributed by atoms with van der Waals surface area (Å²) in [6.07, 6.45) is 0.444. The van der Waals surface area contributed by atoms with E-state index in [0.717, 1.165) is 5.56 Å². The van der Waals surface area contributed by atoms with Crippen molar-refractivity contribution in [1.82, 2.24) is 0 Å². The minimum atomic E-state index is -3.26. The van der Waals surface area contributed by atoms with Crippen LogP contribution in [-0.4, -0.2) is 39.1 Å². The number of ether oxygens (including phenoxy) is 1. The van der Waals surface area contributed by atoms with Gasteiger partial charge in [0.1, 0.15) is 0 Å². The van der Waals surface area contributed by atoms with Gasteiger partial charge in [-0.3, -0.25) is 0 Å². The van der Waals surface area contributed by atoms with Gasteiger partial charge in [-0.1, -0.05) is 17.7 Å². The third-order valence-electron chi connectivity index (χ3n) is 3.43. The van der Waals surface area contributed by atoms with Crippen LogP contribution in [0.15, 0.2) is 29.2 Å². The Kier molecular flexibility index (Phi) is 3.75. The van der Waals surface area contributed by atoms with Crippen LogP contribution in [0, 0.1) is 12.3 Å². The summed E-state index contributed by atoms with van der Waals surface area (Å²) in [4.78, 5) is 0.349. The van der Waals surface area contributed by atoms with Crippen LogP contribution in [0.1, 0.15) is 12.0 Å². The van der Waals surface area contributed by atoms with Crippen molar-refractivity contribution in [3.8, 4) is 0 Å². The first-order valence-electron chi connectivity index (χ1n) is 5.96. The van der Waals surface area contributed by atoms with E-state index in [-0.39, 0.29) is 17.8 Å². The van der Waals surface area contributed by atoms with E-state index in [1.54, 1.807) is 24.3 Å². The average molecular weight is 270 g/mol. The van der Waals surface area contributed by atoms with Crippen molar-refractivity contribution < 1.29 is 18.3 Å². The summed E-state index contributed by atoms with van der Waals surface area (Å²) in [7, 11) is -3.26. The van der Waals surface area contributed by atoms with Crippen molar-refractivity contribution >= 4 is 9.84 Å². The third-order valence-corrected chi connectivity index (χ3v) is 5.17. The molecule has 5 heteroatoms. The molecule has 1 aliphatic heterocycles. The van der Waals surface area contributed by atoms with Crippen LogP contribution in [0.5, 0.6) is 0 Å². The van der Waals surface area contributed by atoms with E-state index in [2.05, 4.69) is 0 Å². The first-order valence-corrected chi connectivity index (χ1v) is 7.61. The van der Waals surface area contributed by atoms with Gasteiger partial charge < -0.3 is 9.84 Å². The van der Waals surface area contributed by atoms with Gasteiger partial charge in [0.25, 0.3) is 0 Å². The molecule has 1 aromatic carbocycles. The van der Waals surface area contributed by atoms with Crippen LogP contribution < -0.4 is 0 Å². The molecule has 0 aliphatic carbocycles. The van der Waals surface area contributed by atoms with E-state index in [1.165, 1.54) is 0 Å². The van der Waals surface area contributed by atoms with E-state index in [4.69, 9.17) is 4.74 Å². The molecule has 1 saturated heterocycles. The van der Waals surface area contributed by atoms with Gasteiger partial charge in [0, 0.05) is 5.41 Å². The normalized spacial score (nSPS) is 18.3. The number of hydrogen-bond acceptors (Lipinski definition) is 4. The molecule has 0 saturated carbocycles. The Bertz CT molecular complexity index is 495. The van der Waals surface area contributed by atoms with Gasteiger partial charge in [-0.2, -0.15) is 0 Å². The Morgan fingerprint density at radius 1 is 1.28 bits per heavy atom. The Labute approximate surface area is 108 Å². The van der Waals surface area contributed by atoms with Gasteiger partial charge in [0.2, 0.25) is 0 Å². The molecule has 0 aromatic heterocycles. The molecule has 0 atom stereocenters. The number of benzene rings is 1. The van der Waals surface area contributed by atoms with E-state index >= 15 is 0 Å². The van der Waals surface area contributed by atoms with Gasteiger partial charge >= 0.3 is 0 Å². The first kappa shape index (κ1) is 13.5. The first-order chi connectivity index (χ1) is 8.47. The molecule has 4 nitrogen and oxygen atoms in total. The molecular formula is C13H18O4S. The highest BCUT2D eigenvalue weighted by atomic mass is 32.2. The lowest BCUT2D eigenvalue weighted by atomic mass is 9.84. The second-order valence-electron chi connectivity index (χ2n) is 5.03. The van der Waals surface area contributed by atoms with E-state index in [1.807, 2.05) is 6.92 Å². The average Bonchev–Trinajstić information content (AvgIpc) is 2.29. The third kappa shape index (κ3) is 2.74. The zero-order valence-electron chi connectivity index (χ0n) is 10.4. The lowest BCUT2D eigenvalue weighted by molar-refractivity contribution is -0.137. The number of hydrogen-bond donors (Lipinski definition) is 1.